The molecule has 0 amide bonds. The van der Waals surface area contributed by atoms with Gasteiger partial charge < -0.3 is 10.0 Å². The largest absolute Gasteiger partial charge is 0.481 e. The lowest BCUT2D eigenvalue weighted by atomic mass is 9.76. The Labute approximate surface area is 120 Å². The number of aryl methyl sites for hydroxylation is 1. The molecule has 0 aromatic carbocycles. The first-order valence-corrected chi connectivity index (χ1v) is 7.49. The van der Waals surface area contributed by atoms with Crippen molar-refractivity contribution < 1.29 is 9.90 Å². The Morgan fingerprint density at radius 3 is 2.95 bits per heavy atom. The third kappa shape index (κ3) is 3.39. The van der Waals surface area contributed by atoms with Crippen LogP contribution in [0.5, 0.6) is 0 Å². The van der Waals surface area contributed by atoms with Crippen LogP contribution >= 0.6 is 0 Å². The summed E-state index contributed by atoms with van der Waals surface area (Å²) in [4.78, 5) is 14.0. The number of aliphatic carboxylic acids is 1. The predicted molar refractivity (Wildman–Crippen MR) is 77.6 cm³/mol. The molecule has 1 fully saturated rings. The van der Waals surface area contributed by atoms with E-state index in [2.05, 4.69) is 16.9 Å². The standard InChI is InChI=1S/C15H25N3O2/c1-3-6-15(14(19)20)7-4-8-18(12-15)9-5-13-10-16-17(2)11-13/h10-11H,3-9,12H2,1-2H3,(H,19,20). The summed E-state index contributed by atoms with van der Waals surface area (Å²) in [6.45, 7) is 4.69. The molecule has 0 radical (unpaired) electrons. The topological polar surface area (TPSA) is 58.4 Å². The zero-order valence-electron chi connectivity index (χ0n) is 12.5. The van der Waals surface area contributed by atoms with E-state index in [9.17, 15) is 9.90 Å². The maximum atomic E-state index is 11.6. The molecule has 1 aliphatic heterocycles. The summed E-state index contributed by atoms with van der Waals surface area (Å²) in [6.07, 6.45) is 8.38. The number of hydrogen-bond donors (Lipinski definition) is 1. The van der Waals surface area contributed by atoms with E-state index < -0.39 is 11.4 Å². The van der Waals surface area contributed by atoms with E-state index in [4.69, 9.17) is 0 Å². The van der Waals surface area contributed by atoms with Crippen LogP contribution in [0.1, 0.15) is 38.2 Å². The molecule has 112 valence electrons. The molecule has 0 spiro atoms. The average Bonchev–Trinajstić information content (AvgIpc) is 2.83. The van der Waals surface area contributed by atoms with Crippen molar-refractivity contribution in [2.45, 2.75) is 39.0 Å². The fraction of sp³-hybridized carbons (Fsp3) is 0.733. The van der Waals surface area contributed by atoms with Gasteiger partial charge in [-0.05, 0) is 37.8 Å². The highest BCUT2D eigenvalue weighted by Gasteiger charge is 2.41. The Morgan fingerprint density at radius 1 is 1.55 bits per heavy atom. The number of likely N-dealkylation sites (tertiary alicyclic amines) is 1. The first-order chi connectivity index (χ1) is 9.55. The van der Waals surface area contributed by atoms with Crippen LogP contribution < -0.4 is 0 Å². The van der Waals surface area contributed by atoms with Gasteiger partial charge in [0.2, 0.25) is 0 Å². The van der Waals surface area contributed by atoms with Gasteiger partial charge in [0, 0.05) is 26.3 Å². The van der Waals surface area contributed by atoms with Gasteiger partial charge in [-0.3, -0.25) is 9.48 Å². The maximum Gasteiger partial charge on any atom is 0.310 e. The highest BCUT2D eigenvalue weighted by molar-refractivity contribution is 5.75. The molecule has 2 heterocycles. The fourth-order valence-electron chi connectivity index (χ4n) is 3.27. The summed E-state index contributed by atoms with van der Waals surface area (Å²) in [6, 6.07) is 0. The van der Waals surface area contributed by atoms with E-state index in [1.165, 1.54) is 5.56 Å². The maximum absolute atomic E-state index is 11.6. The van der Waals surface area contributed by atoms with Crippen molar-refractivity contribution in [1.29, 1.82) is 0 Å². The van der Waals surface area contributed by atoms with Gasteiger partial charge in [0.25, 0.3) is 0 Å². The van der Waals surface area contributed by atoms with Gasteiger partial charge in [0.15, 0.2) is 0 Å². The first kappa shape index (κ1) is 15.0. The number of nitrogens with zero attached hydrogens (tertiary/aromatic N) is 3. The second-order valence-corrected chi connectivity index (χ2v) is 5.99. The minimum absolute atomic E-state index is 0.526. The van der Waals surface area contributed by atoms with E-state index in [-0.39, 0.29) is 0 Å². The van der Waals surface area contributed by atoms with Crippen LogP contribution in [0.2, 0.25) is 0 Å². The van der Waals surface area contributed by atoms with Gasteiger partial charge in [0.1, 0.15) is 0 Å². The molecular formula is C15H25N3O2. The summed E-state index contributed by atoms with van der Waals surface area (Å²) >= 11 is 0. The summed E-state index contributed by atoms with van der Waals surface area (Å²) in [7, 11) is 1.92. The number of carbonyl (C=O) groups is 1. The summed E-state index contributed by atoms with van der Waals surface area (Å²) in [5.41, 5.74) is 0.691. The van der Waals surface area contributed by atoms with Crippen LogP contribution in [0, 0.1) is 5.41 Å². The third-order valence-corrected chi connectivity index (χ3v) is 4.31. The predicted octanol–water partition coefficient (Wildman–Crippen LogP) is 1.93. The zero-order valence-corrected chi connectivity index (χ0v) is 12.5. The van der Waals surface area contributed by atoms with E-state index in [1.54, 1.807) is 0 Å². The van der Waals surface area contributed by atoms with Crippen molar-refractivity contribution in [3.63, 3.8) is 0 Å². The average molecular weight is 279 g/mol. The molecule has 2 rings (SSSR count). The van der Waals surface area contributed by atoms with Crippen molar-refractivity contribution >= 4 is 5.97 Å². The number of hydrogen-bond acceptors (Lipinski definition) is 3. The Bertz CT molecular complexity index is 454. The molecule has 1 aliphatic rings. The van der Waals surface area contributed by atoms with Crippen LogP contribution in [0.15, 0.2) is 12.4 Å². The molecule has 1 aromatic heterocycles. The number of rotatable bonds is 6. The van der Waals surface area contributed by atoms with Gasteiger partial charge in [0.05, 0.1) is 11.6 Å². The molecule has 1 aromatic rings. The van der Waals surface area contributed by atoms with Crippen molar-refractivity contribution in [1.82, 2.24) is 14.7 Å². The Hall–Kier alpha value is -1.36. The molecule has 1 N–H and O–H groups in total. The number of carboxylic acid groups (broad SMARTS) is 1. The van der Waals surface area contributed by atoms with E-state index in [1.807, 2.05) is 24.1 Å². The molecule has 1 atom stereocenters. The first-order valence-electron chi connectivity index (χ1n) is 7.49. The molecule has 0 saturated carbocycles. The lowest BCUT2D eigenvalue weighted by molar-refractivity contribution is -0.153. The molecule has 0 bridgehead atoms. The van der Waals surface area contributed by atoms with Crippen molar-refractivity contribution in [3.05, 3.63) is 18.0 Å². The molecule has 20 heavy (non-hydrogen) atoms. The summed E-state index contributed by atoms with van der Waals surface area (Å²) in [5, 5.41) is 13.8. The van der Waals surface area contributed by atoms with Crippen molar-refractivity contribution in [2.75, 3.05) is 19.6 Å². The van der Waals surface area contributed by atoms with Gasteiger partial charge >= 0.3 is 5.97 Å². The second-order valence-electron chi connectivity index (χ2n) is 5.99. The van der Waals surface area contributed by atoms with Gasteiger partial charge in [-0.1, -0.05) is 13.3 Å². The van der Waals surface area contributed by atoms with E-state index in [0.29, 0.717) is 6.54 Å². The minimum Gasteiger partial charge on any atom is -0.481 e. The van der Waals surface area contributed by atoms with Gasteiger partial charge in [-0.15, -0.1) is 0 Å². The number of carboxylic acids is 1. The van der Waals surface area contributed by atoms with Crippen LogP contribution in [-0.4, -0.2) is 45.4 Å². The lowest BCUT2D eigenvalue weighted by Gasteiger charge is -2.40. The number of aromatic nitrogens is 2. The Balaban J connectivity index is 1.93. The van der Waals surface area contributed by atoms with E-state index in [0.717, 1.165) is 45.2 Å². The van der Waals surface area contributed by atoms with Crippen LogP contribution in [0.4, 0.5) is 0 Å². The monoisotopic (exact) mass is 279 g/mol. The van der Waals surface area contributed by atoms with Gasteiger partial charge in [-0.25, -0.2) is 0 Å². The van der Waals surface area contributed by atoms with Crippen molar-refractivity contribution in [3.8, 4) is 0 Å². The molecule has 1 unspecified atom stereocenters. The van der Waals surface area contributed by atoms with Crippen LogP contribution in [0.25, 0.3) is 0 Å². The van der Waals surface area contributed by atoms with E-state index >= 15 is 0 Å². The van der Waals surface area contributed by atoms with Gasteiger partial charge in [-0.2, -0.15) is 5.10 Å². The lowest BCUT2D eigenvalue weighted by Crippen LogP contribution is -2.48. The normalized spacial score (nSPS) is 23.9. The summed E-state index contributed by atoms with van der Waals surface area (Å²) in [5.74, 6) is -0.620. The Kier molecular flexibility index (Phi) is 4.81. The SMILES string of the molecule is CCCC1(C(=O)O)CCCN(CCc2cnn(C)c2)C1. The molecule has 1 saturated heterocycles. The third-order valence-electron chi connectivity index (χ3n) is 4.31. The molecular weight excluding hydrogens is 254 g/mol. The quantitative estimate of drug-likeness (QED) is 0.864. The molecule has 5 nitrogen and oxygen atoms in total. The molecule has 5 heteroatoms. The minimum atomic E-state index is -0.620. The zero-order chi connectivity index (χ0) is 14.6. The fourth-order valence-corrected chi connectivity index (χ4v) is 3.27. The highest BCUT2D eigenvalue weighted by atomic mass is 16.4. The highest BCUT2D eigenvalue weighted by Crippen LogP contribution is 2.35. The summed E-state index contributed by atoms with van der Waals surface area (Å²) < 4.78 is 1.81. The number of piperidine rings is 1. The second kappa shape index (κ2) is 6.39. The smallest absolute Gasteiger partial charge is 0.310 e. The molecule has 0 aliphatic carbocycles. The Morgan fingerprint density at radius 2 is 2.35 bits per heavy atom. The van der Waals surface area contributed by atoms with Crippen molar-refractivity contribution in [2.24, 2.45) is 12.5 Å². The van der Waals surface area contributed by atoms with Crippen LogP contribution in [0.3, 0.4) is 0 Å². The van der Waals surface area contributed by atoms with Crippen LogP contribution in [-0.2, 0) is 18.3 Å².